The van der Waals surface area contributed by atoms with Gasteiger partial charge in [0.25, 0.3) is 5.78 Å². The molecule has 0 radical (unpaired) electrons. The van der Waals surface area contributed by atoms with Gasteiger partial charge in [-0.25, -0.2) is 0 Å². The highest BCUT2D eigenvalue weighted by atomic mass is 35.5. The second-order valence-electron chi connectivity index (χ2n) is 4.05. The Morgan fingerprint density at radius 2 is 2.29 bits per heavy atom. The normalized spacial score (nSPS) is 13.0. The van der Waals surface area contributed by atoms with Gasteiger partial charge in [0.2, 0.25) is 0 Å². The molecule has 1 unspecified atom stereocenters. The van der Waals surface area contributed by atoms with Gasteiger partial charge >= 0.3 is 0 Å². The van der Waals surface area contributed by atoms with E-state index in [9.17, 15) is 5.11 Å². The van der Waals surface area contributed by atoms with Gasteiger partial charge in [0.05, 0.1) is 6.10 Å². The molecule has 1 atom stereocenters. The van der Waals surface area contributed by atoms with Crippen LogP contribution in [0, 0.1) is 6.92 Å². The fourth-order valence-corrected chi connectivity index (χ4v) is 1.97. The minimum absolute atomic E-state index is 0.401. The third kappa shape index (κ3) is 2.18. The quantitative estimate of drug-likeness (QED) is 0.826. The molecule has 0 aromatic carbocycles. The van der Waals surface area contributed by atoms with E-state index in [2.05, 4.69) is 15.1 Å². The van der Waals surface area contributed by atoms with Crippen LogP contribution in [0.15, 0.2) is 6.33 Å². The van der Waals surface area contributed by atoms with Gasteiger partial charge in [-0.05, 0) is 13.8 Å². The molecule has 0 saturated carbocycles. The smallest absolute Gasteiger partial charge is 0.255 e. The molecule has 0 fully saturated rings. The Labute approximate surface area is 104 Å². The number of aliphatic hydroxyl groups excluding tert-OH is 1. The number of anilines is 1. The van der Waals surface area contributed by atoms with E-state index in [4.69, 9.17) is 11.6 Å². The van der Waals surface area contributed by atoms with Crippen molar-refractivity contribution in [1.29, 1.82) is 0 Å². The van der Waals surface area contributed by atoms with Crippen molar-refractivity contribution in [2.24, 2.45) is 0 Å². The van der Waals surface area contributed by atoms with Crippen LogP contribution in [-0.4, -0.2) is 44.4 Å². The molecule has 1 N–H and O–H groups in total. The van der Waals surface area contributed by atoms with Gasteiger partial charge in [-0.3, -0.25) is 0 Å². The first-order chi connectivity index (χ1) is 8.00. The summed E-state index contributed by atoms with van der Waals surface area (Å²) in [6.45, 7) is 4.08. The molecule has 0 aliphatic rings. The number of halogens is 1. The van der Waals surface area contributed by atoms with Crippen molar-refractivity contribution in [3.05, 3.63) is 17.0 Å². The number of aromatic nitrogens is 4. The molecule has 0 saturated heterocycles. The molecule has 0 bridgehead atoms. The van der Waals surface area contributed by atoms with Gasteiger partial charge in [0.15, 0.2) is 0 Å². The van der Waals surface area contributed by atoms with Crippen LogP contribution < -0.4 is 4.90 Å². The molecule has 2 heterocycles. The van der Waals surface area contributed by atoms with Crippen molar-refractivity contribution in [1.82, 2.24) is 19.6 Å². The van der Waals surface area contributed by atoms with E-state index in [1.165, 1.54) is 6.33 Å². The van der Waals surface area contributed by atoms with Crippen molar-refractivity contribution in [2.45, 2.75) is 20.0 Å². The van der Waals surface area contributed by atoms with Crippen LogP contribution in [0.4, 0.5) is 5.82 Å². The van der Waals surface area contributed by atoms with Gasteiger partial charge in [-0.15, -0.1) is 0 Å². The highest BCUT2D eigenvalue weighted by Gasteiger charge is 2.16. The second kappa shape index (κ2) is 4.46. The van der Waals surface area contributed by atoms with Crippen LogP contribution >= 0.6 is 11.6 Å². The van der Waals surface area contributed by atoms with Gasteiger partial charge in [0.1, 0.15) is 17.3 Å². The molecule has 17 heavy (non-hydrogen) atoms. The molecule has 0 spiro atoms. The van der Waals surface area contributed by atoms with Gasteiger partial charge in [0, 0.05) is 19.2 Å². The van der Waals surface area contributed by atoms with E-state index in [0.29, 0.717) is 17.5 Å². The number of rotatable bonds is 3. The summed E-state index contributed by atoms with van der Waals surface area (Å²) >= 11 is 6.05. The van der Waals surface area contributed by atoms with Gasteiger partial charge in [-0.2, -0.15) is 19.6 Å². The number of nitrogens with zero attached hydrogens (tertiary/aromatic N) is 5. The maximum absolute atomic E-state index is 9.43. The summed E-state index contributed by atoms with van der Waals surface area (Å²) in [6.07, 6.45) is 0.988. The second-order valence-corrected chi connectivity index (χ2v) is 4.41. The summed E-state index contributed by atoms with van der Waals surface area (Å²) in [5.74, 6) is 1.24. The topological polar surface area (TPSA) is 66.5 Å². The third-order valence-electron chi connectivity index (χ3n) is 2.47. The maximum Gasteiger partial charge on any atom is 0.255 e. The zero-order valence-electron chi connectivity index (χ0n) is 9.92. The number of hydrogen-bond donors (Lipinski definition) is 1. The molecule has 7 heteroatoms. The molecular formula is C10H14ClN5O. The van der Waals surface area contributed by atoms with Crippen LogP contribution in [0.2, 0.25) is 5.15 Å². The summed E-state index contributed by atoms with van der Waals surface area (Å²) in [4.78, 5) is 10.0. The van der Waals surface area contributed by atoms with E-state index >= 15 is 0 Å². The van der Waals surface area contributed by atoms with E-state index in [-0.39, 0.29) is 0 Å². The first-order valence-electron chi connectivity index (χ1n) is 5.25. The van der Waals surface area contributed by atoms with Crippen molar-refractivity contribution >= 4 is 23.2 Å². The monoisotopic (exact) mass is 255 g/mol. The molecule has 0 amide bonds. The Balaban J connectivity index is 2.57. The SMILES string of the molecule is Cc1c(Cl)nc2ncnn2c1N(C)CC(C)O. The summed E-state index contributed by atoms with van der Waals surface area (Å²) in [5.41, 5.74) is 0.813. The number of fused-ring (bicyclic) bond motifs is 1. The maximum atomic E-state index is 9.43. The summed E-state index contributed by atoms with van der Waals surface area (Å²) in [7, 11) is 1.87. The molecule has 2 aromatic rings. The predicted octanol–water partition coefficient (Wildman–Crippen LogP) is 0.903. The molecule has 92 valence electrons. The minimum atomic E-state index is -0.440. The predicted molar refractivity (Wildman–Crippen MR) is 65.5 cm³/mol. The fourth-order valence-electron chi connectivity index (χ4n) is 1.81. The Morgan fingerprint density at radius 1 is 1.59 bits per heavy atom. The summed E-state index contributed by atoms with van der Waals surface area (Å²) in [6, 6.07) is 0. The third-order valence-corrected chi connectivity index (χ3v) is 2.84. The molecule has 0 aliphatic heterocycles. The Kier molecular flexibility index (Phi) is 3.17. The number of aliphatic hydroxyl groups is 1. The van der Waals surface area contributed by atoms with Crippen LogP contribution in [-0.2, 0) is 0 Å². The lowest BCUT2D eigenvalue weighted by molar-refractivity contribution is 0.201. The van der Waals surface area contributed by atoms with Crippen molar-refractivity contribution < 1.29 is 5.11 Å². The van der Waals surface area contributed by atoms with E-state index in [1.54, 1.807) is 11.4 Å². The lowest BCUT2D eigenvalue weighted by Crippen LogP contribution is -2.29. The van der Waals surface area contributed by atoms with Crippen molar-refractivity contribution in [3.63, 3.8) is 0 Å². The Hall–Kier alpha value is -1.40. The summed E-state index contributed by atoms with van der Waals surface area (Å²) < 4.78 is 1.61. The van der Waals surface area contributed by atoms with E-state index in [0.717, 1.165) is 11.4 Å². The Bertz CT molecular complexity index is 539. The number of hydrogen-bond acceptors (Lipinski definition) is 5. The average molecular weight is 256 g/mol. The first kappa shape index (κ1) is 12.1. The lowest BCUT2D eigenvalue weighted by atomic mass is 10.3. The molecule has 2 aromatic heterocycles. The van der Waals surface area contributed by atoms with E-state index < -0.39 is 6.10 Å². The van der Waals surface area contributed by atoms with Crippen molar-refractivity contribution in [3.8, 4) is 0 Å². The average Bonchev–Trinajstić information content (AvgIpc) is 2.65. The Morgan fingerprint density at radius 3 is 2.94 bits per heavy atom. The van der Waals surface area contributed by atoms with Gasteiger partial charge < -0.3 is 10.0 Å². The van der Waals surface area contributed by atoms with Crippen molar-refractivity contribution in [2.75, 3.05) is 18.5 Å². The molecular weight excluding hydrogens is 242 g/mol. The van der Waals surface area contributed by atoms with Crippen LogP contribution in [0.1, 0.15) is 12.5 Å². The molecule has 6 nitrogen and oxygen atoms in total. The summed E-state index contributed by atoms with van der Waals surface area (Å²) in [5, 5.41) is 13.9. The van der Waals surface area contributed by atoms with Crippen LogP contribution in [0.25, 0.3) is 5.78 Å². The lowest BCUT2D eigenvalue weighted by Gasteiger charge is -2.23. The zero-order chi connectivity index (χ0) is 12.6. The standard InChI is InChI=1S/C10H14ClN5O/c1-6(17)4-15(3)9-7(2)8(11)14-10-12-5-13-16(9)10/h5-6,17H,4H2,1-3H3. The van der Waals surface area contributed by atoms with Gasteiger partial charge in [-0.1, -0.05) is 11.6 Å². The van der Waals surface area contributed by atoms with Crippen LogP contribution in [0.3, 0.4) is 0 Å². The fraction of sp³-hybridized carbons (Fsp3) is 0.500. The first-order valence-corrected chi connectivity index (χ1v) is 5.63. The highest BCUT2D eigenvalue weighted by Crippen LogP contribution is 2.24. The minimum Gasteiger partial charge on any atom is -0.392 e. The zero-order valence-corrected chi connectivity index (χ0v) is 10.7. The molecule has 2 rings (SSSR count). The number of likely N-dealkylation sites (N-methyl/N-ethyl adjacent to an activating group) is 1. The van der Waals surface area contributed by atoms with E-state index in [1.807, 2.05) is 18.9 Å². The van der Waals surface area contributed by atoms with Crippen LogP contribution in [0.5, 0.6) is 0 Å². The largest absolute Gasteiger partial charge is 0.392 e. The highest BCUT2D eigenvalue weighted by molar-refractivity contribution is 6.30. The molecule has 0 aliphatic carbocycles.